The molecule has 2 atom stereocenters. The average Bonchev–Trinajstić information content (AvgIpc) is 3.12. The van der Waals surface area contributed by atoms with Gasteiger partial charge in [-0.05, 0) is 38.5 Å². The zero-order valence-electron chi connectivity index (χ0n) is 11.8. The smallest absolute Gasteiger partial charge is 0.247 e. The second kappa shape index (κ2) is 5.90. The summed E-state index contributed by atoms with van der Waals surface area (Å²) in [5.74, 6) is 0.348. The van der Waals surface area contributed by atoms with Crippen LogP contribution in [0.1, 0.15) is 39.0 Å². The molecule has 2 fully saturated rings. The summed E-state index contributed by atoms with van der Waals surface area (Å²) in [4.78, 5) is 25.7. The Hall–Kier alpha value is -1.10. The third-order valence-corrected chi connectivity index (χ3v) is 4.13. The summed E-state index contributed by atoms with van der Waals surface area (Å²) >= 11 is 0. The summed E-state index contributed by atoms with van der Waals surface area (Å²) in [6, 6.07) is -0.807. The molecule has 2 aliphatic carbocycles. The summed E-state index contributed by atoms with van der Waals surface area (Å²) in [7, 11) is 1.75. The quantitative estimate of drug-likeness (QED) is 0.738. The molecule has 0 spiro atoms. The first-order chi connectivity index (χ1) is 8.99. The van der Waals surface area contributed by atoms with Crippen molar-refractivity contribution in [2.75, 3.05) is 13.6 Å². The summed E-state index contributed by atoms with van der Waals surface area (Å²) in [5, 5.41) is 12.4. The topological polar surface area (TPSA) is 69.6 Å². The van der Waals surface area contributed by atoms with Crippen molar-refractivity contribution < 1.29 is 14.7 Å². The summed E-state index contributed by atoms with van der Waals surface area (Å²) < 4.78 is 0. The van der Waals surface area contributed by atoms with Crippen LogP contribution in [0.4, 0.5) is 0 Å². The maximum Gasteiger partial charge on any atom is 0.247 e. The Morgan fingerprint density at radius 1 is 1.32 bits per heavy atom. The summed E-state index contributed by atoms with van der Waals surface area (Å²) in [6.07, 6.45) is 4.51. The van der Waals surface area contributed by atoms with Crippen LogP contribution in [0.2, 0.25) is 0 Å². The second-order valence-electron chi connectivity index (χ2n) is 6.02. The van der Waals surface area contributed by atoms with Gasteiger partial charge in [-0.1, -0.05) is 6.42 Å². The van der Waals surface area contributed by atoms with E-state index in [9.17, 15) is 14.7 Å². The van der Waals surface area contributed by atoms with E-state index in [0.29, 0.717) is 5.92 Å². The van der Waals surface area contributed by atoms with E-state index in [-0.39, 0.29) is 17.7 Å². The zero-order chi connectivity index (χ0) is 14.0. The number of carbonyl (C=O) groups is 2. The molecule has 2 amide bonds. The fourth-order valence-corrected chi connectivity index (χ4v) is 2.40. The minimum Gasteiger partial charge on any atom is -0.391 e. The van der Waals surface area contributed by atoms with E-state index in [2.05, 4.69) is 5.32 Å². The number of carbonyl (C=O) groups excluding carboxylic acids is 2. The molecule has 2 N–H and O–H groups in total. The van der Waals surface area contributed by atoms with Crippen molar-refractivity contribution in [2.24, 2.45) is 11.8 Å². The molecule has 2 saturated carbocycles. The van der Waals surface area contributed by atoms with E-state index < -0.39 is 12.1 Å². The number of hydrogen-bond donors (Lipinski definition) is 2. The van der Waals surface area contributed by atoms with Crippen molar-refractivity contribution >= 4 is 11.8 Å². The zero-order valence-corrected chi connectivity index (χ0v) is 11.8. The highest BCUT2D eigenvalue weighted by molar-refractivity contribution is 5.89. The van der Waals surface area contributed by atoms with Crippen LogP contribution in [0.5, 0.6) is 0 Å². The Balaban J connectivity index is 1.88. The van der Waals surface area contributed by atoms with E-state index >= 15 is 0 Å². The van der Waals surface area contributed by atoms with Gasteiger partial charge in [0.25, 0.3) is 0 Å². The number of aliphatic hydroxyl groups is 1. The molecular formula is C14H24N2O3. The Morgan fingerprint density at radius 3 is 2.37 bits per heavy atom. The molecule has 0 aromatic carbocycles. The molecule has 2 unspecified atom stereocenters. The number of nitrogens with zero attached hydrogens (tertiary/aromatic N) is 1. The lowest BCUT2D eigenvalue weighted by Crippen LogP contribution is -2.54. The lowest BCUT2D eigenvalue weighted by molar-refractivity contribution is -0.139. The molecule has 0 aromatic heterocycles. The van der Waals surface area contributed by atoms with Crippen molar-refractivity contribution in [3.8, 4) is 0 Å². The standard InChI is InChI=1S/C14H24N2O3/c1-9(17)12(15-13(18)11-6-7-11)14(19)16(2)8-10-4-3-5-10/h9-12,17H,3-8H2,1-2H3,(H,15,18). The number of nitrogens with one attached hydrogen (secondary N) is 1. The van der Waals surface area contributed by atoms with Gasteiger partial charge in [0.2, 0.25) is 11.8 Å². The highest BCUT2D eigenvalue weighted by Gasteiger charge is 2.35. The molecular weight excluding hydrogens is 244 g/mol. The van der Waals surface area contributed by atoms with Crippen LogP contribution in [0.25, 0.3) is 0 Å². The minimum atomic E-state index is -0.862. The first kappa shape index (κ1) is 14.3. The van der Waals surface area contributed by atoms with Crippen LogP contribution in [0.3, 0.4) is 0 Å². The Labute approximate surface area is 114 Å². The van der Waals surface area contributed by atoms with E-state index in [4.69, 9.17) is 0 Å². The van der Waals surface area contributed by atoms with Crippen LogP contribution in [0, 0.1) is 11.8 Å². The van der Waals surface area contributed by atoms with Crippen molar-refractivity contribution in [1.82, 2.24) is 10.2 Å². The molecule has 0 bridgehead atoms. The molecule has 0 aliphatic heterocycles. The van der Waals surface area contributed by atoms with Crippen LogP contribution in [0.15, 0.2) is 0 Å². The number of likely N-dealkylation sites (N-methyl/N-ethyl adjacent to an activating group) is 1. The lowest BCUT2D eigenvalue weighted by Gasteiger charge is -2.32. The van der Waals surface area contributed by atoms with Gasteiger partial charge in [-0.3, -0.25) is 9.59 Å². The van der Waals surface area contributed by atoms with Crippen molar-refractivity contribution in [1.29, 1.82) is 0 Å². The van der Waals surface area contributed by atoms with Gasteiger partial charge in [0.1, 0.15) is 6.04 Å². The molecule has 5 nitrogen and oxygen atoms in total. The highest BCUT2D eigenvalue weighted by atomic mass is 16.3. The first-order valence-electron chi connectivity index (χ1n) is 7.22. The van der Waals surface area contributed by atoms with Crippen molar-refractivity contribution in [3.63, 3.8) is 0 Å². The number of amides is 2. The van der Waals surface area contributed by atoms with Crippen molar-refractivity contribution in [2.45, 2.75) is 51.2 Å². The van der Waals surface area contributed by atoms with E-state index in [1.165, 1.54) is 19.3 Å². The number of rotatable bonds is 6. The van der Waals surface area contributed by atoms with Gasteiger partial charge in [0.05, 0.1) is 6.10 Å². The lowest BCUT2D eigenvalue weighted by atomic mass is 9.85. The van der Waals surface area contributed by atoms with Crippen molar-refractivity contribution in [3.05, 3.63) is 0 Å². The number of hydrogen-bond acceptors (Lipinski definition) is 3. The third-order valence-electron chi connectivity index (χ3n) is 4.13. The van der Waals surface area contributed by atoms with E-state index in [1.807, 2.05) is 0 Å². The Bertz CT molecular complexity index is 349. The maximum absolute atomic E-state index is 12.3. The van der Waals surface area contributed by atoms with Gasteiger partial charge in [-0.25, -0.2) is 0 Å². The van der Waals surface area contributed by atoms with Crippen LogP contribution in [-0.4, -0.2) is 47.6 Å². The molecule has 2 aliphatic rings. The SMILES string of the molecule is CC(O)C(NC(=O)C1CC1)C(=O)N(C)CC1CCC1. The fourth-order valence-electron chi connectivity index (χ4n) is 2.40. The van der Waals surface area contributed by atoms with Gasteiger partial charge in [-0.15, -0.1) is 0 Å². The van der Waals surface area contributed by atoms with Crippen LogP contribution >= 0.6 is 0 Å². The molecule has 19 heavy (non-hydrogen) atoms. The summed E-state index contributed by atoms with van der Waals surface area (Å²) in [5.41, 5.74) is 0. The normalized spacial score (nSPS) is 22.3. The summed E-state index contributed by atoms with van der Waals surface area (Å²) in [6.45, 7) is 2.27. The fraction of sp³-hybridized carbons (Fsp3) is 0.857. The monoisotopic (exact) mass is 268 g/mol. The number of aliphatic hydroxyl groups excluding tert-OH is 1. The van der Waals surface area contributed by atoms with Gasteiger partial charge in [0, 0.05) is 19.5 Å². The molecule has 2 rings (SSSR count). The minimum absolute atomic E-state index is 0.0472. The largest absolute Gasteiger partial charge is 0.391 e. The Kier molecular flexibility index (Phi) is 4.45. The molecule has 0 saturated heterocycles. The van der Waals surface area contributed by atoms with Crippen LogP contribution < -0.4 is 5.32 Å². The highest BCUT2D eigenvalue weighted by Crippen LogP contribution is 2.29. The van der Waals surface area contributed by atoms with E-state index in [1.54, 1.807) is 18.9 Å². The molecule has 0 radical (unpaired) electrons. The van der Waals surface area contributed by atoms with Crippen LogP contribution in [-0.2, 0) is 9.59 Å². The van der Waals surface area contributed by atoms with E-state index in [0.717, 1.165) is 19.4 Å². The average molecular weight is 268 g/mol. The second-order valence-corrected chi connectivity index (χ2v) is 6.02. The Morgan fingerprint density at radius 2 is 1.95 bits per heavy atom. The molecule has 108 valence electrons. The third kappa shape index (κ3) is 3.69. The predicted octanol–water partition coefficient (Wildman–Crippen LogP) is 0.520. The molecule has 0 heterocycles. The van der Waals surface area contributed by atoms with Gasteiger partial charge >= 0.3 is 0 Å². The van der Waals surface area contributed by atoms with Gasteiger partial charge < -0.3 is 15.3 Å². The maximum atomic E-state index is 12.3. The van der Waals surface area contributed by atoms with Gasteiger partial charge in [0.15, 0.2) is 0 Å². The van der Waals surface area contributed by atoms with Gasteiger partial charge in [-0.2, -0.15) is 0 Å². The molecule has 5 heteroatoms. The predicted molar refractivity (Wildman–Crippen MR) is 71.3 cm³/mol. The molecule has 0 aromatic rings. The first-order valence-corrected chi connectivity index (χ1v) is 7.22.